The smallest absolute Gasteiger partial charge is 0.163 e. The number of carbonyl (C=O) groups excluding carboxylic acids is 1. The Morgan fingerprint density at radius 1 is 1.33 bits per heavy atom. The number of hydrogen-bond donors (Lipinski definition) is 1. The minimum absolute atomic E-state index is 0.00652. The molecular formula is C12H16N2O. The van der Waals surface area contributed by atoms with E-state index in [1.54, 1.807) is 0 Å². The van der Waals surface area contributed by atoms with Crippen molar-refractivity contribution in [3.05, 3.63) is 22.9 Å². The van der Waals surface area contributed by atoms with E-state index in [4.69, 9.17) is 5.73 Å². The molecule has 1 aliphatic rings. The van der Waals surface area contributed by atoms with Crippen molar-refractivity contribution in [3.8, 4) is 0 Å². The van der Waals surface area contributed by atoms with Crippen LogP contribution in [0.5, 0.6) is 0 Å². The zero-order valence-electron chi connectivity index (χ0n) is 9.05. The highest BCUT2D eigenvalue weighted by atomic mass is 16.1. The second-order valence-corrected chi connectivity index (χ2v) is 4.14. The molecule has 0 bridgehead atoms. The number of ketones is 1. The summed E-state index contributed by atoms with van der Waals surface area (Å²) in [5, 5.41) is 0. The quantitative estimate of drug-likeness (QED) is 0.563. The van der Waals surface area contributed by atoms with Crippen LogP contribution in [0.4, 0.5) is 5.82 Å². The third-order valence-corrected chi connectivity index (χ3v) is 2.96. The number of Topliss-reactive ketones (excluding diaryl/α,β-unsaturated/α-hetero) is 1. The number of carbonyl (C=O) groups is 1. The molecule has 0 aromatic carbocycles. The third-order valence-electron chi connectivity index (χ3n) is 2.96. The van der Waals surface area contributed by atoms with Crippen molar-refractivity contribution in [3.63, 3.8) is 0 Å². The molecule has 2 N–H and O–H groups in total. The lowest BCUT2D eigenvalue weighted by molar-refractivity contribution is 0.101. The first kappa shape index (κ1) is 10.1. The van der Waals surface area contributed by atoms with Gasteiger partial charge in [-0.15, -0.1) is 0 Å². The molecule has 1 aliphatic carbocycles. The molecule has 0 fully saturated rings. The Morgan fingerprint density at radius 3 is 2.80 bits per heavy atom. The molecule has 0 saturated carbocycles. The van der Waals surface area contributed by atoms with Gasteiger partial charge in [-0.2, -0.15) is 0 Å². The van der Waals surface area contributed by atoms with Crippen molar-refractivity contribution < 1.29 is 4.79 Å². The highest BCUT2D eigenvalue weighted by Crippen LogP contribution is 2.22. The molecule has 2 rings (SSSR count). The Kier molecular flexibility index (Phi) is 2.71. The molecule has 80 valence electrons. The van der Waals surface area contributed by atoms with Gasteiger partial charge in [0.2, 0.25) is 0 Å². The van der Waals surface area contributed by atoms with Gasteiger partial charge < -0.3 is 5.73 Å². The third kappa shape index (κ3) is 2.01. The lowest BCUT2D eigenvalue weighted by Crippen LogP contribution is -2.07. The molecular weight excluding hydrogens is 188 g/mol. The van der Waals surface area contributed by atoms with Gasteiger partial charge in [0.05, 0.1) is 5.56 Å². The maximum Gasteiger partial charge on any atom is 0.163 e. The Morgan fingerprint density at radius 2 is 2.07 bits per heavy atom. The van der Waals surface area contributed by atoms with Crippen LogP contribution in [0.25, 0.3) is 0 Å². The number of nitrogen functional groups attached to an aromatic ring is 1. The van der Waals surface area contributed by atoms with Gasteiger partial charge >= 0.3 is 0 Å². The molecule has 0 amide bonds. The molecule has 0 spiro atoms. The second-order valence-electron chi connectivity index (χ2n) is 4.14. The minimum Gasteiger partial charge on any atom is -0.383 e. The highest BCUT2D eigenvalue weighted by molar-refractivity contribution is 5.98. The number of rotatable bonds is 1. The standard InChI is InChI=1S/C12H16N2O/c1-8(15)10-7-9-5-3-2-4-6-11(9)14-12(10)13/h7H,2-6H2,1H3,(H2,13,14). The molecule has 3 nitrogen and oxygen atoms in total. The predicted octanol–water partition coefficient (Wildman–Crippen LogP) is 2.14. The van der Waals surface area contributed by atoms with Crippen molar-refractivity contribution in [1.29, 1.82) is 0 Å². The first-order valence-corrected chi connectivity index (χ1v) is 5.47. The molecule has 0 atom stereocenters. The van der Waals surface area contributed by atoms with Gasteiger partial charge in [0.1, 0.15) is 5.82 Å². The van der Waals surface area contributed by atoms with E-state index >= 15 is 0 Å². The SMILES string of the molecule is CC(=O)c1cc2c(nc1N)CCCCC2. The number of aryl methyl sites for hydroxylation is 2. The average Bonchev–Trinajstić information content (AvgIpc) is 2.40. The number of aromatic nitrogens is 1. The van der Waals surface area contributed by atoms with Crippen molar-refractivity contribution in [1.82, 2.24) is 4.98 Å². The lowest BCUT2D eigenvalue weighted by Gasteiger charge is -2.08. The van der Waals surface area contributed by atoms with E-state index in [0.29, 0.717) is 11.4 Å². The Balaban J connectivity index is 2.47. The van der Waals surface area contributed by atoms with Crippen molar-refractivity contribution >= 4 is 11.6 Å². The Labute approximate surface area is 89.7 Å². The molecule has 15 heavy (non-hydrogen) atoms. The molecule has 0 radical (unpaired) electrons. The van der Waals surface area contributed by atoms with Crippen LogP contribution < -0.4 is 5.73 Å². The van der Waals surface area contributed by atoms with E-state index in [-0.39, 0.29) is 5.78 Å². The van der Waals surface area contributed by atoms with Crippen LogP contribution in [0.15, 0.2) is 6.07 Å². The van der Waals surface area contributed by atoms with Crippen LogP contribution in [0.2, 0.25) is 0 Å². The molecule has 1 aromatic rings. The summed E-state index contributed by atoms with van der Waals surface area (Å²) in [6.45, 7) is 1.54. The van der Waals surface area contributed by atoms with E-state index in [1.807, 2.05) is 6.07 Å². The van der Waals surface area contributed by atoms with E-state index in [1.165, 1.54) is 31.7 Å². The molecule has 0 aliphatic heterocycles. The van der Waals surface area contributed by atoms with Gasteiger partial charge in [0.15, 0.2) is 5.78 Å². The molecule has 1 heterocycles. The summed E-state index contributed by atoms with van der Waals surface area (Å²) >= 11 is 0. The lowest BCUT2D eigenvalue weighted by atomic mass is 10.0. The van der Waals surface area contributed by atoms with Gasteiger partial charge in [-0.1, -0.05) is 6.42 Å². The monoisotopic (exact) mass is 204 g/mol. The number of anilines is 1. The molecule has 0 unspecified atom stereocenters. The Hall–Kier alpha value is -1.38. The summed E-state index contributed by atoms with van der Waals surface area (Å²) in [6, 6.07) is 1.94. The number of hydrogen-bond acceptors (Lipinski definition) is 3. The second kappa shape index (κ2) is 4.01. The fourth-order valence-corrected chi connectivity index (χ4v) is 2.11. The Bertz CT molecular complexity index is 399. The summed E-state index contributed by atoms with van der Waals surface area (Å²) in [5.74, 6) is 0.398. The number of pyridine rings is 1. The van der Waals surface area contributed by atoms with Gasteiger partial charge in [0.25, 0.3) is 0 Å². The number of fused-ring (bicyclic) bond motifs is 1. The van der Waals surface area contributed by atoms with Crippen LogP contribution in [0, 0.1) is 0 Å². The fourth-order valence-electron chi connectivity index (χ4n) is 2.11. The zero-order valence-corrected chi connectivity index (χ0v) is 9.05. The average molecular weight is 204 g/mol. The van der Waals surface area contributed by atoms with E-state index in [0.717, 1.165) is 18.5 Å². The van der Waals surface area contributed by atoms with E-state index in [2.05, 4.69) is 4.98 Å². The molecule has 3 heteroatoms. The highest BCUT2D eigenvalue weighted by Gasteiger charge is 2.14. The normalized spacial score (nSPS) is 15.5. The summed E-state index contributed by atoms with van der Waals surface area (Å²) in [5.41, 5.74) is 8.65. The summed E-state index contributed by atoms with van der Waals surface area (Å²) in [7, 11) is 0. The van der Waals surface area contributed by atoms with Crippen LogP contribution in [-0.2, 0) is 12.8 Å². The predicted molar refractivity (Wildman–Crippen MR) is 59.9 cm³/mol. The maximum atomic E-state index is 11.3. The molecule has 1 aromatic heterocycles. The maximum absolute atomic E-state index is 11.3. The van der Waals surface area contributed by atoms with Crippen LogP contribution >= 0.6 is 0 Å². The number of nitrogens with two attached hydrogens (primary N) is 1. The van der Waals surface area contributed by atoms with Crippen molar-refractivity contribution in [2.24, 2.45) is 0 Å². The zero-order chi connectivity index (χ0) is 10.8. The van der Waals surface area contributed by atoms with Gasteiger partial charge in [0, 0.05) is 5.69 Å². The molecule has 0 saturated heterocycles. The first-order chi connectivity index (χ1) is 7.18. The first-order valence-electron chi connectivity index (χ1n) is 5.47. The van der Waals surface area contributed by atoms with Gasteiger partial charge in [-0.25, -0.2) is 4.98 Å². The van der Waals surface area contributed by atoms with Crippen molar-refractivity contribution in [2.75, 3.05) is 5.73 Å². The van der Waals surface area contributed by atoms with Gasteiger partial charge in [-0.05, 0) is 44.2 Å². The topological polar surface area (TPSA) is 56.0 Å². The van der Waals surface area contributed by atoms with Crippen molar-refractivity contribution in [2.45, 2.75) is 39.0 Å². The summed E-state index contributed by atoms with van der Waals surface area (Å²) in [4.78, 5) is 15.7. The summed E-state index contributed by atoms with van der Waals surface area (Å²) in [6.07, 6.45) is 5.64. The fraction of sp³-hybridized carbons (Fsp3) is 0.500. The summed E-state index contributed by atoms with van der Waals surface area (Å²) < 4.78 is 0. The van der Waals surface area contributed by atoms with Crippen LogP contribution in [0.1, 0.15) is 47.8 Å². The largest absolute Gasteiger partial charge is 0.383 e. The minimum atomic E-state index is 0.00652. The van der Waals surface area contributed by atoms with Gasteiger partial charge in [-0.3, -0.25) is 4.79 Å². The van der Waals surface area contributed by atoms with E-state index < -0.39 is 0 Å². The number of nitrogens with zero attached hydrogens (tertiary/aromatic N) is 1. The van der Waals surface area contributed by atoms with Crippen LogP contribution in [-0.4, -0.2) is 10.8 Å². The van der Waals surface area contributed by atoms with E-state index in [9.17, 15) is 4.79 Å². The van der Waals surface area contributed by atoms with Crippen LogP contribution in [0.3, 0.4) is 0 Å².